The van der Waals surface area contributed by atoms with Crippen molar-refractivity contribution < 1.29 is 13.2 Å². The first-order valence-electron chi connectivity index (χ1n) is 11.6. The van der Waals surface area contributed by atoms with Gasteiger partial charge in [-0.05, 0) is 61.7 Å². The number of nitrogens with one attached hydrogen (secondary N) is 1. The Balaban J connectivity index is 1.32. The molecule has 0 radical (unpaired) electrons. The number of hydrogen-bond acceptors (Lipinski definition) is 4. The van der Waals surface area contributed by atoms with Gasteiger partial charge in [0.25, 0.3) is 15.9 Å². The Bertz CT molecular complexity index is 1220. The molecule has 0 spiro atoms. The fraction of sp³-hybridized carbons (Fsp3) is 0.296. The molecule has 4 rings (SSSR count). The SMILES string of the molecule is Cc1cccc(CN2CCC(NC(=O)c3ccc(S(=O)(=O)N(C)c4ccccc4)cc3)CC2)c1. The molecule has 34 heavy (non-hydrogen) atoms. The number of benzene rings is 3. The molecule has 1 amide bonds. The van der Waals surface area contributed by atoms with Crippen molar-refractivity contribution in [1.29, 1.82) is 0 Å². The Hall–Kier alpha value is -3.16. The lowest BCUT2D eigenvalue weighted by molar-refractivity contribution is 0.0909. The van der Waals surface area contributed by atoms with Gasteiger partial charge in [0, 0.05) is 38.3 Å². The number of likely N-dealkylation sites (tertiary alicyclic amines) is 1. The van der Waals surface area contributed by atoms with Gasteiger partial charge in [0.2, 0.25) is 0 Å². The first-order chi connectivity index (χ1) is 16.3. The minimum absolute atomic E-state index is 0.119. The lowest BCUT2D eigenvalue weighted by Crippen LogP contribution is -2.44. The number of nitrogens with zero attached hydrogens (tertiary/aromatic N) is 2. The third-order valence-corrected chi connectivity index (χ3v) is 8.11. The van der Waals surface area contributed by atoms with E-state index in [0.29, 0.717) is 11.3 Å². The van der Waals surface area contributed by atoms with Crippen molar-refractivity contribution in [2.75, 3.05) is 24.4 Å². The second-order valence-corrected chi connectivity index (χ2v) is 10.8. The largest absolute Gasteiger partial charge is 0.349 e. The van der Waals surface area contributed by atoms with E-state index in [1.54, 1.807) is 36.4 Å². The Kier molecular flexibility index (Phi) is 7.34. The molecule has 0 bridgehead atoms. The topological polar surface area (TPSA) is 69.7 Å². The second-order valence-electron chi connectivity index (χ2n) is 8.85. The quantitative estimate of drug-likeness (QED) is 0.553. The van der Waals surface area contributed by atoms with E-state index in [2.05, 4.69) is 41.4 Å². The van der Waals surface area contributed by atoms with Gasteiger partial charge in [-0.15, -0.1) is 0 Å². The number of carbonyl (C=O) groups excluding carboxylic acids is 1. The molecular formula is C27H31N3O3S. The highest BCUT2D eigenvalue weighted by Crippen LogP contribution is 2.22. The monoisotopic (exact) mass is 477 g/mol. The van der Waals surface area contributed by atoms with Crippen LogP contribution in [0.1, 0.15) is 34.3 Å². The zero-order valence-corrected chi connectivity index (χ0v) is 20.5. The van der Waals surface area contributed by atoms with E-state index in [-0.39, 0.29) is 16.8 Å². The van der Waals surface area contributed by atoms with Crippen LogP contribution < -0.4 is 9.62 Å². The normalized spacial score (nSPS) is 15.1. The Morgan fingerprint density at radius 2 is 1.65 bits per heavy atom. The lowest BCUT2D eigenvalue weighted by atomic mass is 10.0. The van der Waals surface area contributed by atoms with Gasteiger partial charge in [-0.25, -0.2) is 8.42 Å². The van der Waals surface area contributed by atoms with Crippen LogP contribution in [0.5, 0.6) is 0 Å². The summed E-state index contributed by atoms with van der Waals surface area (Å²) in [6.45, 7) is 4.90. The van der Waals surface area contributed by atoms with Gasteiger partial charge in [0.15, 0.2) is 0 Å². The summed E-state index contributed by atoms with van der Waals surface area (Å²) >= 11 is 0. The zero-order chi connectivity index (χ0) is 24.1. The molecule has 0 atom stereocenters. The van der Waals surface area contributed by atoms with Crippen LogP contribution in [-0.2, 0) is 16.6 Å². The minimum Gasteiger partial charge on any atom is -0.349 e. The molecule has 0 unspecified atom stereocenters. The summed E-state index contributed by atoms with van der Waals surface area (Å²) in [5, 5.41) is 3.11. The molecule has 0 aliphatic carbocycles. The molecule has 1 aliphatic rings. The summed E-state index contributed by atoms with van der Waals surface area (Å²) in [6, 6.07) is 23.7. The van der Waals surface area contributed by atoms with Gasteiger partial charge in [-0.1, -0.05) is 48.0 Å². The number of sulfonamides is 1. The third kappa shape index (κ3) is 5.66. The highest BCUT2D eigenvalue weighted by molar-refractivity contribution is 7.92. The summed E-state index contributed by atoms with van der Waals surface area (Å²) < 4.78 is 27.1. The number of para-hydroxylation sites is 1. The maximum Gasteiger partial charge on any atom is 0.264 e. The summed E-state index contributed by atoms with van der Waals surface area (Å²) in [5.41, 5.74) is 3.63. The summed E-state index contributed by atoms with van der Waals surface area (Å²) in [6.07, 6.45) is 1.79. The van der Waals surface area contributed by atoms with E-state index < -0.39 is 10.0 Å². The first-order valence-corrected chi connectivity index (χ1v) is 13.0. The maximum atomic E-state index is 12.9. The molecule has 3 aromatic rings. The molecule has 0 aromatic heterocycles. The molecular weight excluding hydrogens is 446 g/mol. The number of aryl methyl sites for hydroxylation is 1. The predicted molar refractivity (Wildman–Crippen MR) is 135 cm³/mol. The van der Waals surface area contributed by atoms with Crippen molar-refractivity contribution in [1.82, 2.24) is 10.2 Å². The number of amides is 1. The minimum atomic E-state index is -3.70. The predicted octanol–water partition coefficient (Wildman–Crippen LogP) is 4.21. The molecule has 1 heterocycles. The van der Waals surface area contributed by atoms with E-state index >= 15 is 0 Å². The van der Waals surface area contributed by atoms with Crippen LogP contribution in [0.25, 0.3) is 0 Å². The fourth-order valence-corrected chi connectivity index (χ4v) is 5.48. The molecule has 1 aliphatic heterocycles. The average Bonchev–Trinajstić information content (AvgIpc) is 2.85. The van der Waals surface area contributed by atoms with Crippen LogP contribution in [0.4, 0.5) is 5.69 Å². The highest BCUT2D eigenvalue weighted by atomic mass is 32.2. The van der Waals surface area contributed by atoms with Crippen LogP contribution in [-0.4, -0.2) is 45.4 Å². The standard InChI is InChI=1S/C27H31N3O3S/c1-21-7-6-8-22(19-21)20-30-17-15-24(16-18-30)28-27(31)23-11-13-26(14-12-23)34(32,33)29(2)25-9-4-3-5-10-25/h3-14,19,24H,15-18,20H2,1-2H3,(H,28,31). The second kappa shape index (κ2) is 10.4. The Morgan fingerprint density at radius 1 is 0.971 bits per heavy atom. The van der Waals surface area contributed by atoms with E-state index in [0.717, 1.165) is 32.5 Å². The van der Waals surface area contributed by atoms with Crippen LogP contribution in [0.15, 0.2) is 83.8 Å². The molecule has 1 N–H and O–H groups in total. The van der Waals surface area contributed by atoms with Crippen molar-refractivity contribution in [2.24, 2.45) is 0 Å². The van der Waals surface area contributed by atoms with Gasteiger partial charge in [0.05, 0.1) is 10.6 Å². The molecule has 1 fully saturated rings. The summed E-state index contributed by atoms with van der Waals surface area (Å²) in [4.78, 5) is 15.3. The van der Waals surface area contributed by atoms with E-state index in [1.807, 2.05) is 6.07 Å². The lowest BCUT2D eigenvalue weighted by Gasteiger charge is -2.32. The molecule has 1 saturated heterocycles. The highest BCUT2D eigenvalue weighted by Gasteiger charge is 2.23. The van der Waals surface area contributed by atoms with Crippen LogP contribution >= 0.6 is 0 Å². The number of hydrogen-bond donors (Lipinski definition) is 1. The van der Waals surface area contributed by atoms with Gasteiger partial charge >= 0.3 is 0 Å². The van der Waals surface area contributed by atoms with Crippen molar-refractivity contribution in [3.8, 4) is 0 Å². The number of carbonyl (C=O) groups is 1. The van der Waals surface area contributed by atoms with Crippen molar-refractivity contribution in [3.05, 3.63) is 95.6 Å². The van der Waals surface area contributed by atoms with Gasteiger partial charge in [-0.3, -0.25) is 14.0 Å². The average molecular weight is 478 g/mol. The van der Waals surface area contributed by atoms with E-state index in [1.165, 1.54) is 34.6 Å². The summed E-state index contributed by atoms with van der Waals surface area (Å²) in [5.74, 6) is -0.169. The van der Waals surface area contributed by atoms with Gasteiger partial charge < -0.3 is 5.32 Å². The van der Waals surface area contributed by atoms with Crippen molar-refractivity contribution in [3.63, 3.8) is 0 Å². The van der Waals surface area contributed by atoms with E-state index in [9.17, 15) is 13.2 Å². The number of piperidine rings is 1. The Labute approximate surface area is 202 Å². The molecule has 178 valence electrons. The third-order valence-electron chi connectivity index (χ3n) is 6.31. The fourth-order valence-electron chi connectivity index (χ4n) is 4.29. The molecule has 6 nitrogen and oxygen atoms in total. The Morgan fingerprint density at radius 3 is 2.29 bits per heavy atom. The van der Waals surface area contributed by atoms with Crippen molar-refractivity contribution in [2.45, 2.75) is 37.2 Å². The van der Waals surface area contributed by atoms with Crippen LogP contribution in [0, 0.1) is 6.92 Å². The maximum absolute atomic E-state index is 12.9. The molecule has 7 heteroatoms. The number of anilines is 1. The van der Waals surface area contributed by atoms with Crippen LogP contribution in [0.2, 0.25) is 0 Å². The van der Waals surface area contributed by atoms with E-state index in [4.69, 9.17) is 0 Å². The van der Waals surface area contributed by atoms with Crippen LogP contribution in [0.3, 0.4) is 0 Å². The summed E-state index contributed by atoms with van der Waals surface area (Å²) in [7, 11) is -2.18. The number of rotatable bonds is 7. The smallest absolute Gasteiger partial charge is 0.264 e. The van der Waals surface area contributed by atoms with Gasteiger partial charge in [-0.2, -0.15) is 0 Å². The molecule has 0 saturated carbocycles. The van der Waals surface area contributed by atoms with Crippen molar-refractivity contribution >= 4 is 21.6 Å². The first kappa shape index (κ1) is 24.0. The zero-order valence-electron chi connectivity index (χ0n) is 19.6. The van der Waals surface area contributed by atoms with Gasteiger partial charge in [0.1, 0.15) is 0 Å². The molecule has 3 aromatic carbocycles.